The molecule has 0 amide bonds. The summed E-state index contributed by atoms with van der Waals surface area (Å²) in [6.45, 7) is 3.64. The summed E-state index contributed by atoms with van der Waals surface area (Å²) in [5, 5.41) is 0.361. The van der Waals surface area contributed by atoms with Crippen LogP contribution in [-0.2, 0) is 14.8 Å². The van der Waals surface area contributed by atoms with Gasteiger partial charge in [-0.2, -0.15) is 11.8 Å². The van der Waals surface area contributed by atoms with Crippen LogP contribution in [0.2, 0.25) is 5.02 Å². The van der Waals surface area contributed by atoms with Crippen LogP contribution in [0.3, 0.4) is 0 Å². The first-order chi connectivity index (χ1) is 12.5. The molecule has 2 aliphatic rings. The predicted molar refractivity (Wildman–Crippen MR) is 105 cm³/mol. The fourth-order valence-corrected chi connectivity index (χ4v) is 6.01. The van der Waals surface area contributed by atoms with Crippen LogP contribution in [0, 0.1) is 0 Å². The molecule has 0 radical (unpaired) electrons. The second-order valence-electron chi connectivity index (χ2n) is 6.56. The number of ether oxygens (including phenoxy) is 2. The molecule has 6 nitrogen and oxygen atoms in total. The summed E-state index contributed by atoms with van der Waals surface area (Å²) in [4.78, 5) is 2.51. The van der Waals surface area contributed by atoms with Gasteiger partial charge in [-0.05, 0) is 31.0 Å². The van der Waals surface area contributed by atoms with E-state index in [9.17, 15) is 8.42 Å². The van der Waals surface area contributed by atoms with Crippen LogP contribution in [0.1, 0.15) is 12.8 Å². The SMILES string of the molecule is COc1ccc(Cl)cc1S(=O)(=O)NCC1(N2CCSCC2)CCOCC1. The summed E-state index contributed by atoms with van der Waals surface area (Å²) in [5.74, 6) is 2.45. The molecule has 146 valence electrons. The highest BCUT2D eigenvalue weighted by atomic mass is 35.5. The average molecular weight is 421 g/mol. The van der Waals surface area contributed by atoms with Crippen LogP contribution in [0.4, 0.5) is 0 Å². The Hall–Kier alpha value is -0.510. The normalized spacial score (nSPS) is 21.5. The number of nitrogens with zero attached hydrogens (tertiary/aromatic N) is 1. The van der Waals surface area contributed by atoms with Crippen LogP contribution in [0.5, 0.6) is 5.75 Å². The fraction of sp³-hybridized carbons (Fsp3) is 0.647. The second-order valence-corrected chi connectivity index (χ2v) is 9.95. The third-order valence-corrected chi connectivity index (χ3v) is 7.71. The third-order valence-electron chi connectivity index (χ3n) is 5.11. The summed E-state index contributed by atoms with van der Waals surface area (Å²) in [6, 6.07) is 4.62. The molecular formula is C17H25ClN2O4S2. The van der Waals surface area contributed by atoms with Crippen molar-refractivity contribution >= 4 is 33.4 Å². The molecular weight excluding hydrogens is 396 g/mol. The summed E-state index contributed by atoms with van der Waals surface area (Å²) >= 11 is 7.95. The van der Waals surface area contributed by atoms with Crippen molar-refractivity contribution in [3.8, 4) is 5.75 Å². The van der Waals surface area contributed by atoms with Crippen molar-refractivity contribution in [2.75, 3.05) is 51.5 Å². The van der Waals surface area contributed by atoms with E-state index in [1.54, 1.807) is 12.1 Å². The number of hydrogen-bond donors (Lipinski definition) is 1. The Kier molecular flexibility index (Phi) is 6.74. The van der Waals surface area contributed by atoms with E-state index in [0.29, 0.717) is 24.8 Å². The Morgan fingerprint density at radius 3 is 2.65 bits per heavy atom. The number of benzene rings is 1. The standard InChI is InChI=1S/C17H25ClN2O4S2/c1-23-15-3-2-14(18)12-16(15)26(21,22)19-13-17(4-8-24-9-5-17)20-6-10-25-11-7-20/h2-3,12,19H,4-11,13H2,1H3. The maximum absolute atomic E-state index is 12.9. The smallest absolute Gasteiger partial charge is 0.244 e. The van der Waals surface area contributed by atoms with Crippen LogP contribution >= 0.6 is 23.4 Å². The first kappa shape index (κ1) is 20.2. The number of halogens is 1. The van der Waals surface area contributed by atoms with Gasteiger partial charge >= 0.3 is 0 Å². The molecule has 26 heavy (non-hydrogen) atoms. The lowest BCUT2D eigenvalue weighted by atomic mass is 9.88. The van der Waals surface area contributed by atoms with Gasteiger partial charge in [-0.15, -0.1) is 0 Å². The molecule has 1 aromatic carbocycles. The number of methoxy groups -OCH3 is 1. The Morgan fingerprint density at radius 1 is 1.31 bits per heavy atom. The van der Waals surface area contributed by atoms with E-state index in [1.165, 1.54) is 13.2 Å². The molecule has 2 heterocycles. The van der Waals surface area contributed by atoms with Gasteiger partial charge in [0, 0.05) is 54.9 Å². The molecule has 0 aromatic heterocycles. The van der Waals surface area contributed by atoms with Crippen molar-refractivity contribution in [3.05, 3.63) is 23.2 Å². The van der Waals surface area contributed by atoms with Gasteiger partial charge in [-0.25, -0.2) is 13.1 Å². The maximum atomic E-state index is 12.9. The molecule has 2 fully saturated rings. The van der Waals surface area contributed by atoms with Gasteiger partial charge < -0.3 is 9.47 Å². The molecule has 0 atom stereocenters. The Bertz CT molecular complexity index is 717. The Morgan fingerprint density at radius 2 is 2.00 bits per heavy atom. The molecule has 0 unspecified atom stereocenters. The fourth-order valence-electron chi connectivity index (χ4n) is 3.56. The monoisotopic (exact) mass is 420 g/mol. The highest BCUT2D eigenvalue weighted by Gasteiger charge is 2.40. The molecule has 2 saturated heterocycles. The number of thioether (sulfide) groups is 1. The van der Waals surface area contributed by atoms with Gasteiger partial charge in [0.15, 0.2) is 0 Å². The lowest BCUT2D eigenvalue weighted by Gasteiger charge is -2.48. The van der Waals surface area contributed by atoms with Crippen molar-refractivity contribution in [3.63, 3.8) is 0 Å². The molecule has 3 rings (SSSR count). The van der Waals surface area contributed by atoms with Crippen molar-refractivity contribution in [2.45, 2.75) is 23.3 Å². The summed E-state index contributed by atoms with van der Waals surface area (Å²) in [7, 11) is -2.28. The first-order valence-corrected chi connectivity index (χ1v) is 11.7. The summed E-state index contributed by atoms with van der Waals surface area (Å²) in [5.41, 5.74) is -0.196. The van der Waals surface area contributed by atoms with Gasteiger partial charge in [0.1, 0.15) is 10.6 Å². The molecule has 2 aliphatic heterocycles. The van der Waals surface area contributed by atoms with E-state index in [0.717, 1.165) is 37.4 Å². The lowest BCUT2D eigenvalue weighted by molar-refractivity contribution is -0.0218. The van der Waals surface area contributed by atoms with Gasteiger partial charge in [-0.1, -0.05) is 11.6 Å². The van der Waals surface area contributed by atoms with E-state index < -0.39 is 10.0 Å². The zero-order valence-electron chi connectivity index (χ0n) is 14.9. The van der Waals surface area contributed by atoms with Gasteiger partial charge in [0.25, 0.3) is 0 Å². The maximum Gasteiger partial charge on any atom is 0.244 e. The first-order valence-electron chi connectivity index (χ1n) is 8.71. The van der Waals surface area contributed by atoms with Crippen molar-refractivity contribution in [2.24, 2.45) is 0 Å². The van der Waals surface area contributed by atoms with E-state index in [2.05, 4.69) is 9.62 Å². The zero-order chi connectivity index (χ0) is 18.6. The number of rotatable bonds is 6. The number of sulfonamides is 1. The topological polar surface area (TPSA) is 67.9 Å². The summed E-state index contributed by atoms with van der Waals surface area (Å²) < 4.78 is 39.4. The molecule has 1 N–H and O–H groups in total. The van der Waals surface area contributed by atoms with Crippen LogP contribution < -0.4 is 9.46 Å². The summed E-state index contributed by atoms with van der Waals surface area (Å²) in [6.07, 6.45) is 1.65. The highest BCUT2D eigenvalue weighted by Crippen LogP contribution is 2.32. The van der Waals surface area contributed by atoms with Gasteiger partial charge in [0.05, 0.1) is 7.11 Å². The second kappa shape index (κ2) is 8.67. The van der Waals surface area contributed by atoms with E-state index in [1.807, 2.05) is 11.8 Å². The van der Waals surface area contributed by atoms with Crippen molar-refractivity contribution in [1.82, 2.24) is 9.62 Å². The highest BCUT2D eigenvalue weighted by molar-refractivity contribution is 7.99. The number of nitrogens with one attached hydrogen (secondary N) is 1. The van der Waals surface area contributed by atoms with E-state index in [-0.39, 0.29) is 16.2 Å². The quantitative estimate of drug-likeness (QED) is 0.761. The van der Waals surface area contributed by atoms with E-state index >= 15 is 0 Å². The van der Waals surface area contributed by atoms with Crippen LogP contribution in [-0.4, -0.2) is 70.3 Å². The zero-order valence-corrected chi connectivity index (χ0v) is 17.3. The minimum absolute atomic E-state index is 0.0731. The molecule has 9 heteroatoms. The molecule has 0 aliphatic carbocycles. The molecule has 0 saturated carbocycles. The van der Waals surface area contributed by atoms with Crippen LogP contribution in [0.15, 0.2) is 23.1 Å². The van der Waals surface area contributed by atoms with Gasteiger partial charge in [-0.3, -0.25) is 4.90 Å². The van der Waals surface area contributed by atoms with Crippen molar-refractivity contribution < 1.29 is 17.9 Å². The Balaban J connectivity index is 1.81. The van der Waals surface area contributed by atoms with Crippen molar-refractivity contribution in [1.29, 1.82) is 0 Å². The largest absolute Gasteiger partial charge is 0.495 e. The van der Waals surface area contributed by atoms with Gasteiger partial charge in [0.2, 0.25) is 10.0 Å². The molecule has 0 bridgehead atoms. The lowest BCUT2D eigenvalue weighted by Crippen LogP contribution is -2.60. The van der Waals surface area contributed by atoms with Crippen LogP contribution in [0.25, 0.3) is 0 Å². The molecule has 0 spiro atoms. The minimum Gasteiger partial charge on any atom is -0.495 e. The number of hydrogen-bond acceptors (Lipinski definition) is 6. The molecule has 1 aromatic rings. The predicted octanol–water partition coefficient (Wildman–Crippen LogP) is 2.22. The van der Waals surface area contributed by atoms with E-state index in [4.69, 9.17) is 21.1 Å². The minimum atomic E-state index is -3.73. The Labute approximate surface area is 164 Å². The average Bonchev–Trinajstić information content (AvgIpc) is 2.68. The third kappa shape index (κ3) is 4.48.